The molecule has 3 nitrogen and oxygen atoms in total. The van der Waals surface area contributed by atoms with Crippen molar-refractivity contribution in [2.45, 2.75) is 25.9 Å². The summed E-state index contributed by atoms with van der Waals surface area (Å²) in [5.41, 5.74) is 3.91. The number of amides is 1. The molecule has 0 aliphatic heterocycles. The lowest BCUT2D eigenvalue weighted by atomic mass is 10.1. The standard InChI is InChI=1S/C13H16F4N2O/c1-8(7-18)2-5-12(20)19-11-6-9(13(15,16)17)3-4-10(11)14/h3-4,6,8H,2,5,7,18H2,1H3,(H,19,20). The van der Waals surface area contributed by atoms with Gasteiger partial charge in [0.25, 0.3) is 0 Å². The Balaban J connectivity index is 2.74. The van der Waals surface area contributed by atoms with Gasteiger partial charge in [-0.05, 0) is 37.1 Å². The van der Waals surface area contributed by atoms with Crippen molar-refractivity contribution in [2.75, 3.05) is 11.9 Å². The summed E-state index contributed by atoms with van der Waals surface area (Å²) in [5.74, 6) is -1.33. The van der Waals surface area contributed by atoms with Crippen LogP contribution in [0.5, 0.6) is 0 Å². The quantitative estimate of drug-likeness (QED) is 0.819. The molecule has 0 spiro atoms. The normalized spacial score (nSPS) is 13.1. The Morgan fingerprint density at radius 1 is 1.40 bits per heavy atom. The van der Waals surface area contributed by atoms with E-state index in [9.17, 15) is 22.4 Å². The van der Waals surface area contributed by atoms with E-state index < -0.39 is 29.2 Å². The highest BCUT2D eigenvalue weighted by Crippen LogP contribution is 2.31. The molecule has 3 N–H and O–H groups in total. The Morgan fingerprint density at radius 2 is 2.05 bits per heavy atom. The zero-order chi connectivity index (χ0) is 15.3. The zero-order valence-electron chi connectivity index (χ0n) is 10.9. The van der Waals surface area contributed by atoms with E-state index in [0.717, 1.165) is 0 Å². The largest absolute Gasteiger partial charge is 0.416 e. The number of hydrogen-bond acceptors (Lipinski definition) is 2. The number of nitrogens with one attached hydrogen (secondary N) is 1. The van der Waals surface area contributed by atoms with Crippen LogP contribution in [0.2, 0.25) is 0 Å². The zero-order valence-corrected chi connectivity index (χ0v) is 10.9. The van der Waals surface area contributed by atoms with E-state index >= 15 is 0 Å². The first-order valence-corrected chi connectivity index (χ1v) is 6.10. The van der Waals surface area contributed by atoms with Crippen molar-refractivity contribution in [1.29, 1.82) is 0 Å². The maximum absolute atomic E-state index is 13.4. The van der Waals surface area contributed by atoms with Crippen molar-refractivity contribution in [3.8, 4) is 0 Å². The fourth-order valence-corrected chi connectivity index (χ4v) is 1.51. The van der Waals surface area contributed by atoms with Crippen molar-refractivity contribution < 1.29 is 22.4 Å². The monoisotopic (exact) mass is 292 g/mol. The first-order valence-electron chi connectivity index (χ1n) is 6.10. The maximum Gasteiger partial charge on any atom is 0.416 e. The molecular weight excluding hydrogens is 276 g/mol. The van der Waals surface area contributed by atoms with Crippen LogP contribution in [0.3, 0.4) is 0 Å². The summed E-state index contributed by atoms with van der Waals surface area (Å²) in [6.45, 7) is 2.25. The van der Waals surface area contributed by atoms with Gasteiger partial charge < -0.3 is 11.1 Å². The van der Waals surface area contributed by atoms with E-state index in [-0.39, 0.29) is 12.3 Å². The highest BCUT2D eigenvalue weighted by Gasteiger charge is 2.31. The van der Waals surface area contributed by atoms with Gasteiger partial charge in [-0.15, -0.1) is 0 Å². The average Bonchev–Trinajstić information content (AvgIpc) is 2.37. The number of benzene rings is 1. The minimum Gasteiger partial charge on any atom is -0.330 e. The Bertz CT molecular complexity index is 474. The fourth-order valence-electron chi connectivity index (χ4n) is 1.51. The number of alkyl halides is 3. The number of hydrogen-bond donors (Lipinski definition) is 2. The third-order valence-electron chi connectivity index (χ3n) is 2.83. The first-order chi connectivity index (χ1) is 9.24. The molecule has 7 heteroatoms. The third kappa shape index (κ3) is 4.80. The van der Waals surface area contributed by atoms with Gasteiger partial charge in [0.15, 0.2) is 0 Å². The first kappa shape index (κ1) is 16.4. The highest BCUT2D eigenvalue weighted by molar-refractivity contribution is 5.90. The van der Waals surface area contributed by atoms with E-state index in [4.69, 9.17) is 5.73 Å². The van der Waals surface area contributed by atoms with Crippen LogP contribution in [0.25, 0.3) is 0 Å². The van der Waals surface area contributed by atoms with Crippen LogP contribution in [0.1, 0.15) is 25.3 Å². The molecule has 0 radical (unpaired) electrons. The van der Waals surface area contributed by atoms with E-state index in [0.29, 0.717) is 31.2 Å². The minimum atomic E-state index is -4.58. The molecule has 1 unspecified atom stereocenters. The van der Waals surface area contributed by atoms with Gasteiger partial charge in [-0.3, -0.25) is 4.79 Å². The molecule has 1 amide bonds. The lowest BCUT2D eigenvalue weighted by Gasteiger charge is -2.12. The molecule has 0 aliphatic carbocycles. The van der Waals surface area contributed by atoms with E-state index in [1.807, 2.05) is 6.92 Å². The Hall–Kier alpha value is -1.63. The molecule has 0 saturated heterocycles. The molecule has 1 rings (SSSR count). The number of nitrogens with two attached hydrogens (primary N) is 1. The van der Waals surface area contributed by atoms with Crippen molar-refractivity contribution in [3.05, 3.63) is 29.6 Å². The lowest BCUT2D eigenvalue weighted by molar-refractivity contribution is -0.137. The molecule has 0 aromatic heterocycles. The SMILES string of the molecule is CC(CN)CCC(=O)Nc1cc(C(F)(F)F)ccc1F. The molecule has 0 bridgehead atoms. The molecule has 0 aliphatic rings. The van der Waals surface area contributed by atoms with Crippen LogP contribution in [-0.2, 0) is 11.0 Å². The second kappa shape index (κ2) is 6.69. The maximum atomic E-state index is 13.4. The van der Waals surface area contributed by atoms with Crippen molar-refractivity contribution >= 4 is 11.6 Å². The number of anilines is 1. The predicted octanol–water partition coefficient (Wildman–Crippen LogP) is 3.16. The summed E-state index contributed by atoms with van der Waals surface area (Å²) in [7, 11) is 0. The van der Waals surface area contributed by atoms with Gasteiger partial charge in [0.05, 0.1) is 11.3 Å². The average molecular weight is 292 g/mol. The van der Waals surface area contributed by atoms with Crippen molar-refractivity contribution in [3.63, 3.8) is 0 Å². The van der Waals surface area contributed by atoms with Gasteiger partial charge in [0, 0.05) is 6.42 Å². The summed E-state index contributed by atoms with van der Waals surface area (Å²) < 4.78 is 50.8. The molecule has 0 heterocycles. The Morgan fingerprint density at radius 3 is 2.60 bits per heavy atom. The summed E-state index contributed by atoms with van der Waals surface area (Å²) in [6, 6.07) is 1.89. The van der Waals surface area contributed by atoms with Crippen LogP contribution in [0.4, 0.5) is 23.2 Å². The van der Waals surface area contributed by atoms with Crippen molar-refractivity contribution in [2.24, 2.45) is 11.7 Å². The van der Waals surface area contributed by atoms with Gasteiger partial charge >= 0.3 is 6.18 Å². The third-order valence-corrected chi connectivity index (χ3v) is 2.83. The summed E-state index contributed by atoms with van der Waals surface area (Å²) in [6.07, 6.45) is -4.02. The molecule has 20 heavy (non-hydrogen) atoms. The van der Waals surface area contributed by atoms with Gasteiger partial charge in [-0.2, -0.15) is 13.2 Å². The highest BCUT2D eigenvalue weighted by atomic mass is 19.4. The van der Waals surface area contributed by atoms with Gasteiger partial charge in [-0.1, -0.05) is 6.92 Å². The van der Waals surface area contributed by atoms with Crippen LogP contribution < -0.4 is 11.1 Å². The number of rotatable bonds is 5. The Labute approximate surface area is 114 Å². The van der Waals surface area contributed by atoms with Gasteiger partial charge in [0.2, 0.25) is 5.91 Å². The second-order valence-corrected chi connectivity index (χ2v) is 4.62. The van der Waals surface area contributed by atoms with Crippen molar-refractivity contribution in [1.82, 2.24) is 0 Å². The number of carbonyl (C=O) groups is 1. The molecule has 1 aromatic carbocycles. The molecular formula is C13H16F4N2O. The second-order valence-electron chi connectivity index (χ2n) is 4.62. The van der Waals surface area contributed by atoms with Gasteiger partial charge in [0.1, 0.15) is 5.82 Å². The summed E-state index contributed by atoms with van der Waals surface area (Å²) in [5, 5.41) is 2.15. The smallest absolute Gasteiger partial charge is 0.330 e. The minimum absolute atomic E-state index is 0.0774. The number of carbonyl (C=O) groups excluding carboxylic acids is 1. The van der Waals surface area contributed by atoms with Crippen LogP contribution in [0, 0.1) is 11.7 Å². The van der Waals surface area contributed by atoms with Crippen LogP contribution in [-0.4, -0.2) is 12.5 Å². The number of halogens is 4. The van der Waals surface area contributed by atoms with Crippen LogP contribution in [0.15, 0.2) is 18.2 Å². The Kier molecular flexibility index (Phi) is 5.50. The molecule has 1 aromatic rings. The molecule has 1 atom stereocenters. The van der Waals surface area contributed by atoms with E-state index in [2.05, 4.69) is 5.32 Å². The van der Waals surface area contributed by atoms with E-state index in [1.165, 1.54) is 0 Å². The van der Waals surface area contributed by atoms with Gasteiger partial charge in [-0.25, -0.2) is 4.39 Å². The van der Waals surface area contributed by atoms with E-state index in [1.54, 1.807) is 0 Å². The van der Waals surface area contributed by atoms with Crippen LogP contribution >= 0.6 is 0 Å². The predicted molar refractivity (Wildman–Crippen MR) is 67.5 cm³/mol. The summed E-state index contributed by atoms with van der Waals surface area (Å²) in [4.78, 5) is 11.5. The topological polar surface area (TPSA) is 55.1 Å². The lowest BCUT2D eigenvalue weighted by Crippen LogP contribution is -2.17. The molecule has 0 saturated carbocycles. The summed E-state index contributed by atoms with van der Waals surface area (Å²) >= 11 is 0. The fraction of sp³-hybridized carbons (Fsp3) is 0.462. The molecule has 0 fully saturated rings. The molecule has 112 valence electrons.